The number of aromatic amines is 1. The quantitative estimate of drug-likeness (QED) is 0.894. The highest BCUT2D eigenvalue weighted by molar-refractivity contribution is 5.94. The number of hydrogen-bond acceptors (Lipinski definition) is 3. The molecule has 5 nitrogen and oxygen atoms in total. The van der Waals surface area contributed by atoms with Crippen LogP contribution in [0.4, 0.5) is 0 Å². The fourth-order valence-corrected chi connectivity index (χ4v) is 2.96. The van der Waals surface area contributed by atoms with Gasteiger partial charge in [-0.05, 0) is 23.6 Å². The Kier molecular flexibility index (Phi) is 6.17. The van der Waals surface area contributed by atoms with Gasteiger partial charge in [0, 0.05) is 37.5 Å². The summed E-state index contributed by atoms with van der Waals surface area (Å²) in [5, 5.41) is 3.35. The van der Waals surface area contributed by atoms with Crippen molar-refractivity contribution >= 4 is 18.3 Å². The summed E-state index contributed by atoms with van der Waals surface area (Å²) in [7, 11) is 0. The van der Waals surface area contributed by atoms with Crippen LogP contribution >= 0.6 is 12.4 Å². The predicted molar refractivity (Wildman–Crippen MR) is 96.8 cm³/mol. The number of nitrogens with one attached hydrogen (secondary N) is 2. The first-order valence-electron chi connectivity index (χ1n) is 7.98. The van der Waals surface area contributed by atoms with E-state index < -0.39 is 0 Å². The molecule has 2 aromatic rings. The molecule has 1 aliphatic heterocycles. The van der Waals surface area contributed by atoms with E-state index >= 15 is 0 Å². The van der Waals surface area contributed by atoms with Crippen molar-refractivity contribution in [3.05, 3.63) is 69.6 Å². The average molecular weight is 348 g/mol. The maximum Gasteiger partial charge on any atom is 0.254 e. The lowest BCUT2D eigenvalue weighted by molar-refractivity contribution is 0.0634. The molecule has 1 fully saturated rings. The number of halogens is 1. The van der Waals surface area contributed by atoms with Gasteiger partial charge < -0.3 is 15.2 Å². The van der Waals surface area contributed by atoms with Crippen LogP contribution in [0.3, 0.4) is 0 Å². The average Bonchev–Trinajstić information content (AvgIpc) is 2.61. The number of rotatable bonds is 3. The number of amides is 1. The molecule has 1 saturated heterocycles. The van der Waals surface area contributed by atoms with Gasteiger partial charge in [0.25, 0.3) is 5.91 Å². The summed E-state index contributed by atoms with van der Waals surface area (Å²) < 4.78 is 0. The van der Waals surface area contributed by atoms with Crippen LogP contribution in [-0.4, -0.2) is 35.4 Å². The van der Waals surface area contributed by atoms with Gasteiger partial charge in [-0.3, -0.25) is 9.59 Å². The van der Waals surface area contributed by atoms with Crippen molar-refractivity contribution in [3.8, 4) is 0 Å². The lowest BCUT2D eigenvalue weighted by atomic mass is 10.00. The second-order valence-corrected chi connectivity index (χ2v) is 5.76. The van der Waals surface area contributed by atoms with E-state index in [1.54, 1.807) is 6.07 Å². The van der Waals surface area contributed by atoms with Crippen LogP contribution < -0.4 is 10.9 Å². The molecule has 1 atom stereocenters. The first-order valence-corrected chi connectivity index (χ1v) is 7.98. The standard InChI is InChI=1S/C18H21N3O2.ClH/c1-2-13-3-5-14(6-4-13)16-12-19-9-10-21(16)18(23)15-7-8-20-17(22)11-15;/h3-8,11,16,19H,2,9-10,12H2,1H3,(H,20,22);1H. The molecule has 1 aliphatic rings. The summed E-state index contributed by atoms with van der Waals surface area (Å²) in [6.07, 6.45) is 2.52. The van der Waals surface area contributed by atoms with E-state index in [4.69, 9.17) is 0 Å². The van der Waals surface area contributed by atoms with E-state index in [-0.39, 0.29) is 29.9 Å². The van der Waals surface area contributed by atoms with Gasteiger partial charge >= 0.3 is 0 Å². The predicted octanol–water partition coefficient (Wildman–Crippen LogP) is 2.15. The van der Waals surface area contributed by atoms with E-state index in [1.807, 2.05) is 4.90 Å². The molecule has 3 rings (SSSR count). The molecule has 0 aliphatic carbocycles. The zero-order chi connectivity index (χ0) is 16.2. The lowest BCUT2D eigenvalue weighted by Crippen LogP contribution is -2.48. The molecule has 24 heavy (non-hydrogen) atoms. The van der Waals surface area contributed by atoms with Crippen LogP contribution in [0.1, 0.15) is 34.5 Å². The Labute approximate surface area is 147 Å². The minimum absolute atomic E-state index is 0. The zero-order valence-corrected chi connectivity index (χ0v) is 14.4. The number of hydrogen-bond donors (Lipinski definition) is 2. The maximum absolute atomic E-state index is 12.8. The van der Waals surface area contributed by atoms with Crippen LogP contribution in [0.25, 0.3) is 0 Å². The van der Waals surface area contributed by atoms with Crippen molar-refractivity contribution in [2.45, 2.75) is 19.4 Å². The van der Waals surface area contributed by atoms with E-state index in [1.165, 1.54) is 17.8 Å². The molecular weight excluding hydrogens is 326 g/mol. The minimum Gasteiger partial charge on any atom is -0.329 e. The number of carbonyl (C=O) groups is 1. The van der Waals surface area contributed by atoms with Crippen LogP contribution in [0, 0.1) is 0 Å². The van der Waals surface area contributed by atoms with Gasteiger partial charge in [0.2, 0.25) is 5.56 Å². The molecule has 0 radical (unpaired) electrons. The summed E-state index contributed by atoms with van der Waals surface area (Å²) in [5.74, 6) is -0.0952. The van der Waals surface area contributed by atoms with Gasteiger partial charge in [-0.2, -0.15) is 0 Å². The number of nitrogens with zero attached hydrogens (tertiary/aromatic N) is 1. The third-order valence-electron chi connectivity index (χ3n) is 4.30. The topological polar surface area (TPSA) is 65.2 Å². The summed E-state index contributed by atoms with van der Waals surface area (Å²) in [4.78, 5) is 28.7. The van der Waals surface area contributed by atoms with Gasteiger partial charge in [-0.25, -0.2) is 0 Å². The van der Waals surface area contributed by atoms with Crippen molar-refractivity contribution in [2.24, 2.45) is 0 Å². The monoisotopic (exact) mass is 347 g/mol. The summed E-state index contributed by atoms with van der Waals surface area (Å²) in [6.45, 7) is 4.24. The Morgan fingerprint density at radius 3 is 2.67 bits per heavy atom. The molecular formula is C18H22ClN3O2. The largest absolute Gasteiger partial charge is 0.329 e. The number of piperazine rings is 1. The number of aromatic nitrogens is 1. The molecule has 1 aromatic carbocycles. The molecule has 0 spiro atoms. The number of carbonyl (C=O) groups excluding carboxylic acids is 1. The zero-order valence-electron chi connectivity index (χ0n) is 13.6. The molecule has 1 amide bonds. The molecule has 0 bridgehead atoms. The maximum atomic E-state index is 12.8. The highest BCUT2D eigenvalue weighted by Crippen LogP contribution is 2.24. The van der Waals surface area contributed by atoms with Gasteiger partial charge in [-0.15, -0.1) is 12.4 Å². The van der Waals surface area contributed by atoms with Crippen molar-refractivity contribution in [1.82, 2.24) is 15.2 Å². The Morgan fingerprint density at radius 2 is 2.00 bits per heavy atom. The molecule has 0 saturated carbocycles. The first kappa shape index (κ1) is 18.2. The smallest absolute Gasteiger partial charge is 0.254 e. The van der Waals surface area contributed by atoms with Crippen LogP contribution in [0.5, 0.6) is 0 Å². The Balaban J connectivity index is 0.00000208. The van der Waals surface area contributed by atoms with Crippen LogP contribution in [0.15, 0.2) is 47.4 Å². The normalized spacial score (nSPS) is 17.2. The SMILES string of the molecule is CCc1ccc(C2CNCCN2C(=O)c2cc[nH]c(=O)c2)cc1.Cl. The highest BCUT2D eigenvalue weighted by atomic mass is 35.5. The van der Waals surface area contributed by atoms with Crippen LogP contribution in [0.2, 0.25) is 0 Å². The molecule has 2 heterocycles. The van der Waals surface area contributed by atoms with Gasteiger partial charge in [0.05, 0.1) is 6.04 Å². The summed E-state index contributed by atoms with van der Waals surface area (Å²) in [5.41, 5.74) is 2.58. The van der Waals surface area contributed by atoms with Crippen molar-refractivity contribution in [1.29, 1.82) is 0 Å². The second kappa shape index (κ2) is 8.13. The third kappa shape index (κ3) is 3.86. The Morgan fingerprint density at radius 1 is 1.25 bits per heavy atom. The van der Waals surface area contributed by atoms with Crippen molar-refractivity contribution in [3.63, 3.8) is 0 Å². The Bertz CT molecular complexity index is 742. The highest BCUT2D eigenvalue weighted by Gasteiger charge is 2.28. The van der Waals surface area contributed by atoms with Gasteiger partial charge in [0.15, 0.2) is 0 Å². The minimum atomic E-state index is -0.255. The summed E-state index contributed by atoms with van der Waals surface area (Å²) in [6, 6.07) is 11.4. The molecule has 1 unspecified atom stereocenters. The number of H-pyrrole nitrogens is 1. The molecule has 6 heteroatoms. The first-order chi connectivity index (χ1) is 11.2. The van der Waals surface area contributed by atoms with Gasteiger partial charge in [0.1, 0.15) is 0 Å². The van der Waals surface area contributed by atoms with E-state index in [2.05, 4.69) is 41.5 Å². The van der Waals surface area contributed by atoms with Crippen molar-refractivity contribution < 1.29 is 4.79 Å². The van der Waals surface area contributed by atoms with Crippen molar-refractivity contribution in [2.75, 3.05) is 19.6 Å². The second-order valence-electron chi connectivity index (χ2n) is 5.76. The van der Waals surface area contributed by atoms with Gasteiger partial charge in [-0.1, -0.05) is 31.2 Å². The Hall–Kier alpha value is -2.11. The molecule has 1 aromatic heterocycles. The number of aryl methyl sites for hydroxylation is 1. The van der Waals surface area contributed by atoms with E-state index in [0.717, 1.165) is 25.1 Å². The molecule has 128 valence electrons. The van der Waals surface area contributed by atoms with Crippen LogP contribution in [-0.2, 0) is 6.42 Å². The summed E-state index contributed by atoms with van der Waals surface area (Å²) >= 11 is 0. The fourth-order valence-electron chi connectivity index (χ4n) is 2.96. The lowest BCUT2D eigenvalue weighted by Gasteiger charge is -2.36. The third-order valence-corrected chi connectivity index (χ3v) is 4.30. The molecule has 2 N–H and O–H groups in total. The van der Waals surface area contributed by atoms with E-state index in [0.29, 0.717) is 12.1 Å². The number of benzene rings is 1. The fraction of sp³-hybridized carbons (Fsp3) is 0.333. The number of pyridine rings is 1. The van der Waals surface area contributed by atoms with E-state index in [9.17, 15) is 9.59 Å².